The van der Waals surface area contributed by atoms with Gasteiger partial charge in [0.15, 0.2) is 0 Å². The summed E-state index contributed by atoms with van der Waals surface area (Å²) >= 11 is 1.06. The summed E-state index contributed by atoms with van der Waals surface area (Å²) in [4.78, 5) is 0. The molecule has 0 radical (unpaired) electrons. The third-order valence-electron chi connectivity index (χ3n) is 2.41. The van der Waals surface area contributed by atoms with Gasteiger partial charge in [0.1, 0.15) is 18.9 Å². The van der Waals surface area contributed by atoms with Crippen molar-refractivity contribution in [2.45, 2.75) is 32.0 Å². The van der Waals surface area contributed by atoms with E-state index in [0.717, 1.165) is 11.7 Å². The highest BCUT2D eigenvalue weighted by atomic mass is 32.1. The molecule has 0 aliphatic rings. The van der Waals surface area contributed by atoms with Gasteiger partial charge in [-0.1, -0.05) is 6.92 Å². The number of ether oxygens (including phenoxy) is 1. The molecule has 2 unspecified atom stereocenters. The molecule has 0 spiro atoms. The van der Waals surface area contributed by atoms with Crippen LogP contribution in [0.4, 0.5) is 0 Å². The van der Waals surface area contributed by atoms with Crippen molar-refractivity contribution in [3.8, 4) is 5.88 Å². The molecule has 3 N–H and O–H groups in total. The van der Waals surface area contributed by atoms with Gasteiger partial charge in [-0.15, -0.1) is 4.37 Å². The lowest BCUT2D eigenvalue weighted by molar-refractivity contribution is 0.0474. The highest BCUT2D eigenvalue weighted by molar-refractivity contribution is 6.99. The second-order valence-electron chi connectivity index (χ2n) is 4.19. The van der Waals surface area contributed by atoms with Crippen LogP contribution in [-0.4, -0.2) is 50.4 Å². The Labute approximate surface area is 105 Å². The molecule has 0 aliphatic heterocycles. The number of aliphatic hydroxyl groups excluding tert-OH is 1. The first kappa shape index (κ1) is 14.3. The van der Waals surface area contributed by atoms with Crippen molar-refractivity contribution >= 4 is 11.7 Å². The van der Waals surface area contributed by atoms with Gasteiger partial charge in [-0.3, -0.25) is 0 Å². The van der Waals surface area contributed by atoms with Crippen molar-refractivity contribution in [3.63, 3.8) is 0 Å². The van der Waals surface area contributed by atoms with Crippen molar-refractivity contribution in [2.24, 2.45) is 0 Å². The molecule has 0 aromatic carbocycles. The maximum Gasteiger partial charge on any atom is 0.245 e. The van der Waals surface area contributed by atoms with Crippen LogP contribution in [0.2, 0.25) is 0 Å². The zero-order valence-electron chi connectivity index (χ0n) is 10.1. The number of hydrogen-bond acceptors (Lipinski definition) is 7. The van der Waals surface area contributed by atoms with E-state index in [4.69, 9.17) is 4.74 Å². The van der Waals surface area contributed by atoms with E-state index >= 15 is 0 Å². The van der Waals surface area contributed by atoms with Gasteiger partial charge in [-0.05, 0) is 13.3 Å². The lowest BCUT2D eigenvalue weighted by atomic mass is 10.0. The SMILES string of the molecule is CCC(C)(O)CNCC(O)COc1cnsn1. The van der Waals surface area contributed by atoms with Crippen molar-refractivity contribution in [1.82, 2.24) is 14.1 Å². The minimum Gasteiger partial charge on any atom is -0.473 e. The van der Waals surface area contributed by atoms with E-state index in [1.54, 1.807) is 6.92 Å². The van der Waals surface area contributed by atoms with Crippen LogP contribution in [0.3, 0.4) is 0 Å². The van der Waals surface area contributed by atoms with Crippen LogP contribution in [0.1, 0.15) is 20.3 Å². The molecule has 0 fully saturated rings. The van der Waals surface area contributed by atoms with Crippen LogP contribution in [0.5, 0.6) is 5.88 Å². The van der Waals surface area contributed by atoms with Crippen LogP contribution in [-0.2, 0) is 0 Å². The van der Waals surface area contributed by atoms with Gasteiger partial charge < -0.3 is 20.3 Å². The molecule has 0 bridgehead atoms. The number of hydrogen-bond donors (Lipinski definition) is 3. The Bertz CT molecular complexity index is 306. The fourth-order valence-electron chi connectivity index (χ4n) is 1.09. The zero-order valence-corrected chi connectivity index (χ0v) is 10.9. The fourth-order valence-corrected chi connectivity index (χ4v) is 1.46. The molecule has 1 rings (SSSR count). The Morgan fingerprint density at radius 3 is 3.00 bits per heavy atom. The van der Waals surface area contributed by atoms with Gasteiger partial charge >= 0.3 is 0 Å². The summed E-state index contributed by atoms with van der Waals surface area (Å²) in [5.41, 5.74) is -0.737. The van der Waals surface area contributed by atoms with Crippen molar-refractivity contribution < 1.29 is 14.9 Å². The first-order valence-corrected chi connectivity index (χ1v) is 6.28. The van der Waals surface area contributed by atoms with E-state index < -0.39 is 11.7 Å². The van der Waals surface area contributed by atoms with Crippen LogP contribution >= 0.6 is 11.7 Å². The molecule has 1 aromatic heterocycles. The zero-order chi connectivity index (χ0) is 12.7. The molecule has 1 aromatic rings. The van der Waals surface area contributed by atoms with E-state index in [-0.39, 0.29) is 6.61 Å². The van der Waals surface area contributed by atoms with Crippen molar-refractivity contribution in [2.75, 3.05) is 19.7 Å². The molecule has 0 amide bonds. The summed E-state index contributed by atoms with van der Waals surface area (Å²) in [7, 11) is 0. The first-order valence-electron chi connectivity index (χ1n) is 5.55. The predicted octanol–water partition coefficient (Wildman–Crippen LogP) is 0.0284. The molecule has 0 saturated carbocycles. The van der Waals surface area contributed by atoms with E-state index in [9.17, 15) is 10.2 Å². The van der Waals surface area contributed by atoms with Crippen LogP contribution in [0, 0.1) is 0 Å². The third kappa shape index (κ3) is 5.92. The van der Waals surface area contributed by atoms with Crippen molar-refractivity contribution in [3.05, 3.63) is 6.20 Å². The second-order valence-corrected chi connectivity index (χ2v) is 4.75. The fraction of sp³-hybridized carbons (Fsp3) is 0.800. The predicted molar refractivity (Wildman–Crippen MR) is 65.2 cm³/mol. The van der Waals surface area contributed by atoms with Gasteiger partial charge in [0.05, 0.1) is 17.3 Å². The topological polar surface area (TPSA) is 87.5 Å². The number of rotatable bonds is 8. The van der Waals surface area contributed by atoms with Crippen LogP contribution < -0.4 is 10.1 Å². The van der Waals surface area contributed by atoms with Crippen LogP contribution in [0.15, 0.2) is 6.20 Å². The number of aliphatic hydroxyl groups is 2. The minimum atomic E-state index is -0.737. The Morgan fingerprint density at radius 1 is 1.65 bits per heavy atom. The van der Waals surface area contributed by atoms with Gasteiger partial charge in [-0.2, -0.15) is 4.37 Å². The van der Waals surface area contributed by atoms with E-state index in [1.165, 1.54) is 6.20 Å². The summed E-state index contributed by atoms with van der Waals surface area (Å²) < 4.78 is 12.8. The second kappa shape index (κ2) is 6.85. The monoisotopic (exact) mass is 261 g/mol. The summed E-state index contributed by atoms with van der Waals surface area (Å²) in [5.74, 6) is 0.426. The van der Waals surface area contributed by atoms with Gasteiger partial charge in [0, 0.05) is 13.1 Å². The van der Waals surface area contributed by atoms with Gasteiger partial charge in [0.2, 0.25) is 5.88 Å². The molecule has 98 valence electrons. The van der Waals surface area contributed by atoms with E-state index in [1.807, 2.05) is 6.92 Å². The maximum absolute atomic E-state index is 9.72. The first-order chi connectivity index (χ1) is 8.03. The molecule has 0 saturated heterocycles. The van der Waals surface area contributed by atoms with E-state index in [0.29, 0.717) is 25.4 Å². The molecule has 7 heteroatoms. The molecule has 17 heavy (non-hydrogen) atoms. The smallest absolute Gasteiger partial charge is 0.245 e. The normalized spacial score (nSPS) is 16.5. The highest BCUT2D eigenvalue weighted by Crippen LogP contribution is 2.06. The summed E-state index contributed by atoms with van der Waals surface area (Å²) in [5, 5.41) is 22.3. The molecular formula is C10H19N3O3S. The van der Waals surface area contributed by atoms with Crippen LogP contribution in [0.25, 0.3) is 0 Å². The Morgan fingerprint density at radius 2 is 2.41 bits per heavy atom. The molecule has 1 heterocycles. The van der Waals surface area contributed by atoms with E-state index in [2.05, 4.69) is 14.1 Å². The number of nitrogens with one attached hydrogen (secondary N) is 1. The van der Waals surface area contributed by atoms with Gasteiger partial charge in [0.25, 0.3) is 0 Å². The molecular weight excluding hydrogens is 242 g/mol. The molecule has 2 atom stereocenters. The summed E-state index contributed by atoms with van der Waals surface area (Å²) in [6.45, 7) is 4.64. The standard InChI is InChI=1S/C10H19N3O3S/c1-3-10(2,15)7-11-4-8(14)6-16-9-5-12-17-13-9/h5,8,11,14-15H,3-4,6-7H2,1-2H3. The number of aromatic nitrogens is 2. The molecule has 0 aliphatic carbocycles. The summed E-state index contributed by atoms with van der Waals surface area (Å²) in [6, 6.07) is 0. The largest absolute Gasteiger partial charge is 0.473 e. The lowest BCUT2D eigenvalue weighted by Crippen LogP contribution is -2.41. The minimum absolute atomic E-state index is 0.159. The van der Waals surface area contributed by atoms with Gasteiger partial charge in [-0.25, -0.2) is 0 Å². The molecule has 6 nitrogen and oxygen atoms in total. The average Bonchev–Trinajstić information content (AvgIpc) is 2.79. The quantitative estimate of drug-likeness (QED) is 0.612. The maximum atomic E-state index is 9.72. The van der Waals surface area contributed by atoms with Crippen molar-refractivity contribution in [1.29, 1.82) is 0 Å². The Balaban J connectivity index is 2.11. The third-order valence-corrected chi connectivity index (χ3v) is 2.87. The Hall–Kier alpha value is -0.760. The highest BCUT2D eigenvalue weighted by Gasteiger charge is 2.17. The lowest BCUT2D eigenvalue weighted by Gasteiger charge is -2.22. The summed E-state index contributed by atoms with van der Waals surface area (Å²) in [6.07, 6.45) is 1.54. The average molecular weight is 261 g/mol. The number of nitrogens with zero attached hydrogens (tertiary/aromatic N) is 2. The Kier molecular flexibility index (Phi) is 5.76.